The number of carbonyl (C=O) groups excluding carboxylic acids is 1. The summed E-state index contributed by atoms with van der Waals surface area (Å²) in [6, 6.07) is 1.54. The molecule has 15 heavy (non-hydrogen) atoms. The van der Waals surface area contributed by atoms with Crippen LogP contribution in [0.1, 0.15) is 0 Å². The van der Waals surface area contributed by atoms with Crippen molar-refractivity contribution in [3.05, 3.63) is 27.1 Å². The highest BCUT2D eigenvalue weighted by Gasteiger charge is 2.03. The highest BCUT2D eigenvalue weighted by Crippen LogP contribution is 2.10. The lowest BCUT2D eigenvalue weighted by Gasteiger charge is -2.05. The van der Waals surface area contributed by atoms with Crippen LogP contribution in [-0.4, -0.2) is 17.0 Å². The number of nitrogens with zero attached hydrogens (tertiary/aromatic N) is 1. The van der Waals surface area contributed by atoms with E-state index in [-0.39, 0.29) is 30.4 Å². The number of amides is 1. The first kappa shape index (κ1) is 14.2. The molecule has 1 heterocycles. The molecule has 0 aliphatic carbocycles. The van der Waals surface area contributed by atoms with E-state index in [1.54, 1.807) is 7.05 Å². The van der Waals surface area contributed by atoms with Crippen molar-refractivity contribution in [1.29, 1.82) is 0 Å². The zero-order valence-corrected chi connectivity index (χ0v) is 10.4. The van der Waals surface area contributed by atoms with Crippen LogP contribution in [0, 0.1) is 0 Å². The number of pyridine rings is 1. The fourth-order valence-corrected chi connectivity index (χ4v) is 1.48. The number of aromatic nitrogens is 1. The molecule has 0 fully saturated rings. The molecule has 0 aliphatic rings. The van der Waals surface area contributed by atoms with Crippen LogP contribution < -0.4 is 16.6 Å². The van der Waals surface area contributed by atoms with Crippen molar-refractivity contribution < 1.29 is 4.79 Å². The molecule has 0 spiro atoms. The summed E-state index contributed by atoms with van der Waals surface area (Å²) in [5.74, 6) is -0.296. The SMILES string of the molecule is Cl.Cn1cc(NC(=O)CN)cc(Br)c1=O. The molecule has 5 nitrogen and oxygen atoms in total. The number of carbonyl (C=O) groups is 1. The molecular formula is C8H11BrClN3O2. The molecular weight excluding hydrogens is 285 g/mol. The van der Waals surface area contributed by atoms with Crippen LogP contribution >= 0.6 is 28.3 Å². The first-order valence-corrected chi connectivity index (χ1v) is 4.70. The van der Waals surface area contributed by atoms with Gasteiger partial charge in [-0.2, -0.15) is 0 Å². The lowest BCUT2D eigenvalue weighted by atomic mass is 10.4. The summed E-state index contributed by atoms with van der Waals surface area (Å²) in [5, 5.41) is 2.55. The topological polar surface area (TPSA) is 77.1 Å². The van der Waals surface area contributed by atoms with Crippen molar-refractivity contribution in [2.75, 3.05) is 11.9 Å². The summed E-state index contributed by atoms with van der Waals surface area (Å²) >= 11 is 3.09. The van der Waals surface area contributed by atoms with Gasteiger partial charge in [-0.3, -0.25) is 9.59 Å². The lowest BCUT2D eigenvalue weighted by Crippen LogP contribution is -2.24. The van der Waals surface area contributed by atoms with Crippen LogP contribution in [0.2, 0.25) is 0 Å². The predicted molar refractivity (Wildman–Crippen MR) is 64.3 cm³/mol. The molecule has 1 aromatic rings. The Labute approximate surface area is 101 Å². The number of rotatable bonds is 2. The quantitative estimate of drug-likeness (QED) is 0.833. The van der Waals surface area contributed by atoms with Gasteiger partial charge >= 0.3 is 0 Å². The van der Waals surface area contributed by atoms with E-state index in [0.717, 1.165) is 0 Å². The minimum atomic E-state index is -0.296. The summed E-state index contributed by atoms with van der Waals surface area (Å²) in [7, 11) is 1.60. The molecule has 0 radical (unpaired) electrons. The Hall–Kier alpha value is -0.850. The molecule has 1 amide bonds. The lowest BCUT2D eigenvalue weighted by molar-refractivity contribution is -0.114. The van der Waals surface area contributed by atoms with Gasteiger partial charge in [0.05, 0.1) is 16.7 Å². The van der Waals surface area contributed by atoms with Crippen LogP contribution in [0.25, 0.3) is 0 Å². The van der Waals surface area contributed by atoms with E-state index >= 15 is 0 Å². The highest BCUT2D eigenvalue weighted by atomic mass is 79.9. The van der Waals surface area contributed by atoms with Crippen LogP contribution in [0.4, 0.5) is 5.69 Å². The Balaban J connectivity index is 0.00000196. The second-order valence-corrected chi connectivity index (χ2v) is 3.60. The Morgan fingerprint density at radius 3 is 2.73 bits per heavy atom. The van der Waals surface area contributed by atoms with Gasteiger partial charge in [0.15, 0.2) is 0 Å². The Morgan fingerprint density at radius 2 is 2.27 bits per heavy atom. The molecule has 1 aromatic heterocycles. The molecule has 84 valence electrons. The first-order chi connectivity index (χ1) is 6.54. The van der Waals surface area contributed by atoms with Gasteiger partial charge < -0.3 is 15.6 Å². The van der Waals surface area contributed by atoms with Gasteiger partial charge in [-0.25, -0.2) is 0 Å². The highest BCUT2D eigenvalue weighted by molar-refractivity contribution is 9.10. The maximum absolute atomic E-state index is 11.3. The van der Waals surface area contributed by atoms with Crippen molar-refractivity contribution in [3.63, 3.8) is 0 Å². The minimum Gasteiger partial charge on any atom is -0.324 e. The van der Waals surface area contributed by atoms with E-state index in [9.17, 15) is 9.59 Å². The minimum absolute atomic E-state index is 0. The number of halogens is 2. The maximum Gasteiger partial charge on any atom is 0.264 e. The first-order valence-electron chi connectivity index (χ1n) is 3.90. The van der Waals surface area contributed by atoms with E-state index < -0.39 is 0 Å². The van der Waals surface area contributed by atoms with Crippen molar-refractivity contribution in [1.82, 2.24) is 4.57 Å². The average Bonchev–Trinajstić information content (AvgIpc) is 2.14. The molecule has 0 unspecified atom stereocenters. The van der Waals surface area contributed by atoms with Crippen LogP contribution in [0.3, 0.4) is 0 Å². The summed E-state index contributed by atoms with van der Waals surface area (Å²) < 4.78 is 1.77. The fraction of sp³-hybridized carbons (Fsp3) is 0.250. The number of nitrogens with one attached hydrogen (secondary N) is 1. The molecule has 0 saturated heterocycles. The van der Waals surface area contributed by atoms with E-state index in [4.69, 9.17) is 5.73 Å². The predicted octanol–water partition coefficient (Wildman–Crippen LogP) is 0.467. The number of hydrogen-bond donors (Lipinski definition) is 2. The zero-order chi connectivity index (χ0) is 10.7. The number of anilines is 1. The molecule has 0 aliphatic heterocycles. The van der Waals surface area contributed by atoms with Gasteiger partial charge in [0.25, 0.3) is 5.56 Å². The summed E-state index contributed by atoms with van der Waals surface area (Å²) in [5.41, 5.74) is 5.51. The van der Waals surface area contributed by atoms with Gasteiger partial charge in [-0.15, -0.1) is 12.4 Å². The zero-order valence-electron chi connectivity index (χ0n) is 7.99. The van der Waals surface area contributed by atoms with Crippen molar-refractivity contribution in [3.8, 4) is 0 Å². The monoisotopic (exact) mass is 295 g/mol. The Bertz CT molecular complexity index is 393. The van der Waals surface area contributed by atoms with Gasteiger partial charge in [0.2, 0.25) is 5.91 Å². The van der Waals surface area contributed by atoms with Crippen molar-refractivity contribution >= 4 is 39.9 Å². The molecule has 0 saturated carbocycles. The molecule has 0 atom stereocenters. The Morgan fingerprint density at radius 1 is 1.67 bits per heavy atom. The summed E-state index contributed by atoms with van der Waals surface area (Å²) in [6.07, 6.45) is 1.53. The average molecular weight is 297 g/mol. The van der Waals surface area contributed by atoms with Gasteiger partial charge in [-0.05, 0) is 22.0 Å². The smallest absolute Gasteiger partial charge is 0.264 e. The number of hydrogen-bond acceptors (Lipinski definition) is 3. The molecule has 3 N–H and O–H groups in total. The number of aryl methyl sites for hydroxylation is 1. The van der Waals surface area contributed by atoms with E-state index in [2.05, 4.69) is 21.2 Å². The fourth-order valence-electron chi connectivity index (χ4n) is 0.952. The third-order valence-corrected chi connectivity index (χ3v) is 2.18. The van der Waals surface area contributed by atoms with Gasteiger partial charge in [0.1, 0.15) is 0 Å². The molecule has 1 rings (SSSR count). The molecule has 0 bridgehead atoms. The normalized spacial score (nSPS) is 9.27. The summed E-state index contributed by atoms with van der Waals surface area (Å²) in [6.45, 7) is -0.0829. The van der Waals surface area contributed by atoms with Crippen molar-refractivity contribution in [2.45, 2.75) is 0 Å². The van der Waals surface area contributed by atoms with E-state index in [1.165, 1.54) is 16.8 Å². The van der Waals surface area contributed by atoms with Crippen LogP contribution in [0.15, 0.2) is 21.5 Å². The molecule has 0 aromatic carbocycles. The van der Waals surface area contributed by atoms with E-state index in [1.807, 2.05) is 0 Å². The van der Waals surface area contributed by atoms with E-state index in [0.29, 0.717) is 10.2 Å². The maximum atomic E-state index is 11.3. The van der Waals surface area contributed by atoms with Gasteiger partial charge in [0, 0.05) is 13.2 Å². The third-order valence-electron chi connectivity index (χ3n) is 1.61. The number of nitrogens with two attached hydrogens (primary N) is 1. The standard InChI is InChI=1S/C8H10BrN3O2.ClH/c1-12-4-5(11-7(13)3-10)2-6(9)8(12)14;/h2,4H,3,10H2,1H3,(H,11,13);1H. The third kappa shape index (κ3) is 3.65. The van der Waals surface area contributed by atoms with Crippen LogP contribution in [-0.2, 0) is 11.8 Å². The second kappa shape index (κ2) is 5.89. The molecule has 7 heteroatoms. The second-order valence-electron chi connectivity index (χ2n) is 2.75. The Kier molecular flexibility index (Phi) is 5.56. The largest absolute Gasteiger partial charge is 0.324 e. The summed E-state index contributed by atoms with van der Waals surface area (Å²) in [4.78, 5) is 22.2. The van der Waals surface area contributed by atoms with Crippen molar-refractivity contribution in [2.24, 2.45) is 12.8 Å². The van der Waals surface area contributed by atoms with Crippen LogP contribution in [0.5, 0.6) is 0 Å². The van der Waals surface area contributed by atoms with Gasteiger partial charge in [-0.1, -0.05) is 0 Å².